The first-order chi connectivity index (χ1) is 12.9. The van der Waals surface area contributed by atoms with Crippen LogP contribution in [0.15, 0.2) is 0 Å². The van der Waals surface area contributed by atoms with Crippen molar-refractivity contribution in [2.45, 2.75) is 97.1 Å². The third kappa shape index (κ3) is 8.63. The van der Waals surface area contributed by atoms with Gasteiger partial charge < -0.3 is 10.6 Å². The summed E-state index contributed by atoms with van der Waals surface area (Å²) in [7, 11) is 0. The number of nitrogens with zero attached hydrogens (tertiary/aromatic N) is 1. The van der Waals surface area contributed by atoms with Crippen LogP contribution in [0.3, 0.4) is 0 Å². The maximum absolute atomic E-state index is 12.4. The minimum Gasteiger partial charge on any atom is -0.353 e. The Morgan fingerprint density at radius 3 is 2.26 bits per heavy atom. The molecule has 156 valence electrons. The van der Waals surface area contributed by atoms with Gasteiger partial charge in [0.1, 0.15) is 0 Å². The second-order valence-electron chi connectivity index (χ2n) is 9.19. The summed E-state index contributed by atoms with van der Waals surface area (Å²) < 4.78 is 0. The van der Waals surface area contributed by atoms with Crippen molar-refractivity contribution in [2.75, 3.05) is 19.6 Å². The van der Waals surface area contributed by atoms with Crippen molar-refractivity contribution < 1.29 is 9.59 Å². The van der Waals surface area contributed by atoms with E-state index in [1.54, 1.807) is 0 Å². The molecular weight excluding hydrogens is 338 g/mol. The molecular formula is C22H41N3O2. The van der Waals surface area contributed by atoms with Crippen molar-refractivity contribution in [3.63, 3.8) is 0 Å². The fraction of sp³-hybridized carbons (Fsp3) is 0.909. The van der Waals surface area contributed by atoms with Crippen LogP contribution in [0.1, 0.15) is 85.0 Å². The maximum atomic E-state index is 12.4. The van der Waals surface area contributed by atoms with Gasteiger partial charge in [-0.1, -0.05) is 46.0 Å². The summed E-state index contributed by atoms with van der Waals surface area (Å²) >= 11 is 0. The maximum Gasteiger partial charge on any atom is 0.234 e. The third-order valence-electron chi connectivity index (χ3n) is 6.10. The standard InChI is InChI=1S/C22H41N3O2/c1-17(2)8-7-9-18(3)23-21(26)16-25-14-12-20(13-15-25)24-22(27)19-10-5-4-6-11-19/h17-20H,4-16H2,1-3H3,(H,23,26)(H,24,27). The molecule has 5 heteroatoms. The molecule has 0 spiro atoms. The van der Waals surface area contributed by atoms with Crippen LogP contribution in [0, 0.1) is 11.8 Å². The predicted molar refractivity (Wildman–Crippen MR) is 110 cm³/mol. The molecule has 5 nitrogen and oxygen atoms in total. The highest BCUT2D eigenvalue weighted by atomic mass is 16.2. The average molecular weight is 380 g/mol. The minimum atomic E-state index is 0.136. The van der Waals surface area contributed by atoms with Crippen LogP contribution in [0.25, 0.3) is 0 Å². The molecule has 2 aliphatic rings. The number of amides is 2. The lowest BCUT2D eigenvalue weighted by Crippen LogP contribution is -2.49. The molecule has 1 atom stereocenters. The third-order valence-corrected chi connectivity index (χ3v) is 6.10. The summed E-state index contributed by atoms with van der Waals surface area (Å²) in [6.45, 7) is 8.85. The number of hydrogen-bond acceptors (Lipinski definition) is 3. The normalized spacial score (nSPS) is 21.2. The SMILES string of the molecule is CC(C)CCCC(C)NC(=O)CN1CCC(NC(=O)C2CCCCC2)CC1. The molecule has 0 aromatic rings. The number of likely N-dealkylation sites (tertiary alicyclic amines) is 1. The van der Waals surface area contributed by atoms with Crippen LogP contribution >= 0.6 is 0 Å². The van der Waals surface area contributed by atoms with Crippen molar-refractivity contribution in [1.29, 1.82) is 0 Å². The Balaban J connectivity index is 1.59. The Morgan fingerprint density at radius 1 is 0.963 bits per heavy atom. The molecule has 27 heavy (non-hydrogen) atoms. The summed E-state index contributed by atoms with van der Waals surface area (Å²) in [5.41, 5.74) is 0. The van der Waals surface area contributed by atoms with Crippen LogP contribution in [0.2, 0.25) is 0 Å². The molecule has 1 aliphatic heterocycles. The Hall–Kier alpha value is -1.10. The Bertz CT molecular complexity index is 452. The molecule has 1 aliphatic carbocycles. The van der Waals surface area contributed by atoms with Crippen molar-refractivity contribution >= 4 is 11.8 Å². The van der Waals surface area contributed by atoms with Crippen LogP contribution in [0.4, 0.5) is 0 Å². The molecule has 0 radical (unpaired) electrons. The lowest BCUT2D eigenvalue weighted by atomic mass is 9.88. The van der Waals surface area contributed by atoms with E-state index in [4.69, 9.17) is 0 Å². The molecule has 1 unspecified atom stereocenters. The van der Waals surface area contributed by atoms with E-state index in [2.05, 4.69) is 36.3 Å². The van der Waals surface area contributed by atoms with Gasteiger partial charge in [-0.15, -0.1) is 0 Å². The molecule has 2 rings (SSSR count). The first kappa shape index (κ1) is 22.2. The highest BCUT2D eigenvalue weighted by molar-refractivity contribution is 5.79. The van der Waals surface area contributed by atoms with Gasteiger partial charge in [0.25, 0.3) is 0 Å². The molecule has 1 heterocycles. The number of piperidine rings is 1. The summed E-state index contributed by atoms with van der Waals surface area (Å²) in [6.07, 6.45) is 11.1. The Morgan fingerprint density at radius 2 is 1.63 bits per heavy atom. The number of hydrogen-bond donors (Lipinski definition) is 2. The van der Waals surface area contributed by atoms with E-state index in [0.29, 0.717) is 6.54 Å². The number of nitrogens with one attached hydrogen (secondary N) is 2. The molecule has 0 aromatic carbocycles. The van der Waals surface area contributed by atoms with E-state index in [-0.39, 0.29) is 29.8 Å². The summed E-state index contributed by atoms with van der Waals surface area (Å²) in [6, 6.07) is 0.539. The fourth-order valence-electron chi connectivity index (χ4n) is 4.35. The molecule has 0 aromatic heterocycles. The smallest absolute Gasteiger partial charge is 0.234 e. The van der Waals surface area contributed by atoms with Gasteiger partial charge in [0.05, 0.1) is 6.54 Å². The zero-order valence-corrected chi connectivity index (χ0v) is 17.8. The molecule has 2 amide bonds. The Labute approximate surface area is 166 Å². The molecule has 0 bridgehead atoms. The van der Waals surface area contributed by atoms with E-state index < -0.39 is 0 Å². The van der Waals surface area contributed by atoms with E-state index in [0.717, 1.165) is 51.1 Å². The van der Waals surface area contributed by atoms with E-state index in [1.807, 2.05) is 0 Å². The summed E-state index contributed by atoms with van der Waals surface area (Å²) in [5.74, 6) is 1.37. The van der Waals surface area contributed by atoms with E-state index in [1.165, 1.54) is 32.1 Å². The number of carbonyl (C=O) groups is 2. The van der Waals surface area contributed by atoms with Crippen molar-refractivity contribution in [3.05, 3.63) is 0 Å². The van der Waals surface area contributed by atoms with Crippen LogP contribution in [-0.2, 0) is 9.59 Å². The number of rotatable bonds is 9. The van der Waals surface area contributed by atoms with Gasteiger partial charge in [-0.25, -0.2) is 0 Å². The summed E-state index contributed by atoms with van der Waals surface area (Å²) in [5, 5.41) is 6.40. The monoisotopic (exact) mass is 379 g/mol. The average Bonchev–Trinajstić information content (AvgIpc) is 2.63. The largest absolute Gasteiger partial charge is 0.353 e. The Kier molecular flexibility index (Phi) is 9.60. The van der Waals surface area contributed by atoms with Gasteiger partial charge in [-0.05, 0) is 44.9 Å². The minimum absolute atomic E-state index is 0.136. The van der Waals surface area contributed by atoms with Crippen LogP contribution < -0.4 is 10.6 Å². The van der Waals surface area contributed by atoms with Crippen molar-refractivity contribution in [3.8, 4) is 0 Å². The van der Waals surface area contributed by atoms with Crippen molar-refractivity contribution in [1.82, 2.24) is 15.5 Å². The van der Waals surface area contributed by atoms with E-state index >= 15 is 0 Å². The lowest BCUT2D eigenvalue weighted by molar-refractivity contribution is -0.127. The van der Waals surface area contributed by atoms with Gasteiger partial charge in [0, 0.05) is 31.1 Å². The van der Waals surface area contributed by atoms with E-state index in [9.17, 15) is 9.59 Å². The van der Waals surface area contributed by atoms with Gasteiger partial charge >= 0.3 is 0 Å². The molecule has 1 saturated carbocycles. The van der Waals surface area contributed by atoms with Gasteiger partial charge in [-0.3, -0.25) is 14.5 Å². The number of carbonyl (C=O) groups excluding carboxylic acids is 2. The predicted octanol–water partition coefficient (Wildman–Crippen LogP) is 3.48. The highest BCUT2D eigenvalue weighted by Gasteiger charge is 2.26. The fourth-order valence-corrected chi connectivity index (χ4v) is 4.35. The van der Waals surface area contributed by atoms with Gasteiger partial charge in [0.2, 0.25) is 11.8 Å². The highest BCUT2D eigenvalue weighted by Crippen LogP contribution is 2.24. The first-order valence-electron chi connectivity index (χ1n) is 11.3. The van der Waals surface area contributed by atoms with Gasteiger partial charge in [-0.2, -0.15) is 0 Å². The molecule has 2 N–H and O–H groups in total. The second kappa shape index (κ2) is 11.7. The topological polar surface area (TPSA) is 61.4 Å². The lowest BCUT2D eigenvalue weighted by Gasteiger charge is -2.33. The quantitative estimate of drug-likeness (QED) is 0.645. The molecule has 2 fully saturated rings. The second-order valence-corrected chi connectivity index (χ2v) is 9.19. The molecule has 1 saturated heterocycles. The zero-order chi connectivity index (χ0) is 19.6. The van der Waals surface area contributed by atoms with Crippen LogP contribution in [-0.4, -0.2) is 48.4 Å². The van der Waals surface area contributed by atoms with Crippen LogP contribution in [0.5, 0.6) is 0 Å². The van der Waals surface area contributed by atoms with Gasteiger partial charge in [0.15, 0.2) is 0 Å². The summed E-state index contributed by atoms with van der Waals surface area (Å²) in [4.78, 5) is 26.9. The van der Waals surface area contributed by atoms with Crippen molar-refractivity contribution in [2.24, 2.45) is 11.8 Å². The first-order valence-corrected chi connectivity index (χ1v) is 11.3. The zero-order valence-electron chi connectivity index (χ0n) is 17.8.